The van der Waals surface area contributed by atoms with E-state index in [1.165, 1.54) is 14.2 Å². The summed E-state index contributed by atoms with van der Waals surface area (Å²) in [4.78, 5) is 12.5. The van der Waals surface area contributed by atoms with Gasteiger partial charge in [-0.05, 0) is 44.0 Å². The molecule has 0 saturated heterocycles. The number of carbonyl (C=O) groups is 1. The van der Waals surface area contributed by atoms with Crippen molar-refractivity contribution in [1.29, 1.82) is 0 Å². The first-order chi connectivity index (χ1) is 12.1. The van der Waals surface area contributed by atoms with Gasteiger partial charge in [-0.15, -0.1) is 0 Å². The molecule has 0 bridgehead atoms. The topological polar surface area (TPSA) is 75.7 Å². The molecule has 7 heteroatoms. The predicted octanol–water partition coefficient (Wildman–Crippen LogP) is 2.88. The summed E-state index contributed by atoms with van der Waals surface area (Å²) < 4.78 is 32.0. The van der Waals surface area contributed by atoms with Crippen molar-refractivity contribution in [2.45, 2.75) is 25.7 Å². The van der Waals surface area contributed by atoms with E-state index in [1.807, 2.05) is 19.1 Å². The van der Waals surface area contributed by atoms with Crippen LogP contribution in [0.3, 0.4) is 0 Å². The lowest BCUT2D eigenvalue weighted by Crippen LogP contribution is -2.35. The molecule has 0 spiro atoms. The summed E-state index contributed by atoms with van der Waals surface area (Å²) in [5.41, 5.74) is 2.88. The maximum absolute atomic E-state index is 12.9. The third-order valence-electron chi connectivity index (χ3n) is 3.99. The molecule has 0 radical (unpaired) electrons. The van der Waals surface area contributed by atoms with Crippen LogP contribution in [0.4, 0.5) is 5.69 Å². The van der Waals surface area contributed by atoms with Crippen LogP contribution in [0.25, 0.3) is 0 Å². The average Bonchev–Trinajstić information content (AvgIpc) is 2.53. The molecular weight excluding hydrogens is 352 g/mol. The zero-order valence-corrected chi connectivity index (χ0v) is 16.5. The van der Waals surface area contributed by atoms with Crippen LogP contribution >= 0.6 is 0 Å². The minimum absolute atomic E-state index is 0.250. The van der Waals surface area contributed by atoms with E-state index in [9.17, 15) is 13.2 Å². The molecule has 0 fully saturated rings. The zero-order chi connectivity index (χ0) is 19.5. The van der Waals surface area contributed by atoms with E-state index in [4.69, 9.17) is 4.74 Å². The first-order valence-electron chi connectivity index (χ1n) is 8.13. The van der Waals surface area contributed by atoms with Gasteiger partial charge in [0.05, 0.1) is 18.6 Å². The Morgan fingerprint density at radius 1 is 1.12 bits per heavy atom. The maximum Gasteiger partial charge on any atom is 0.243 e. The number of nitrogens with one attached hydrogen (secondary N) is 1. The number of nitrogens with zero attached hydrogens (tertiary/aromatic N) is 1. The molecule has 26 heavy (non-hydrogen) atoms. The van der Waals surface area contributed by atoms with Crippen molar-refractivity contribution < 1.29 is 17.9 Å². The van der Waals surface area contributed by atoms with E-state index in [1.54, 1.807) is 38.1 Å². The molecule has 0 heterocycles. The largest absolute Gasteiger partial charge is 0.497 e. The number of benzene rings is 2. The van der Waals surface area contributed by atoms with Gasteiger partial charge in [-0.2, -0.15) is 4.31 Å². The molecule has 0 aliphatic rings. The fourth-order valence-corrected chi connectivity index (χ4v) is 4.45. The Morgan fingerprint density at radius 3 is 2.31 bits per heavy atom. The second-order valence-electron chi connectivity index (χ2n) is 6.27. The number of hydrogen-bond donors (Lipinski definition) is 1. The number of rotatable bonds is 6. The van der Waals surface area contributed by atoms with E-state index >= 15 is 0 Å². The van der Waals surface area contributed by atoms with Crippen molar-refractivity contribution in [2.24, 2.45) is 0 Å². The number of amides is 1. The van der Waals surface area contributed by atoms with Crippen LogP contribution in [0, 0.1) is 20.8 Å². The Morgan fingerprint density at radius 2 is 1.73 bits per heavy atom. The molecule has 0 atom stereocenters. The normalized spacial score (nSPS) is 11.5. The van der Waals surface area contributed by atoms with Crippen LogP contribution < -0.4 is 10.1 Å². The fraction of sp³-hybridized carbons (Fsp3) is 0.316. The minimum Gasteiger partial charge on any atom is -0.497 e. The molecule has 0 aromatic heterocycles. The monoisotopic (exact) mass is 376 g/mol. The SMILES string of the molecule is COc1cccc(NC(=O)CN(C)S(=O)(=O)c2c(C)cc(C)cc2C)c1. The van der Waals surface area contributed by atoms with Gasteiger partial charge in [0.15, 0.2) is 0 Å². The number of hydrogen-bond acceptors (Lipinski definition) is 4. The fourth-order valence-electron chi connectivity index (χ4n) is 2.92. The summed E-state index contributed by atoms with van der Waals surface area (Å²) >= 11 is 0. The third kappa shape index (κ3) is 4.42. The van der Waals surface area contributed by atoms with E-state index in [0.29, 0.717) is 22.6 Å². The lowest BCUT2D eigenvalue weighted by molar-refractivity contribution is -0.116. The third-order valence-corrected chi connectivity index (χ3v) is 6.10. The molecule has 6 nitrogen and oxygen atoms in total. The highest BCUT2D eigenvalue weighted by atomic mass is 32.2. The Labute approximate surface area is 154 Å². The number of likely N-dealkylation sites (N-methyl/N-ethyl adjacent to an activating group) is 1. The zero-order valence-electron chi connectivity index (χ0n) is 15.7. The molecule has 0 aliphatic heterocycles. The second-order valence-corrected chi connectivity index (χ2v) is 8.25. The maximum atomic E-state index is 12.9. The van der Waals surface area contributed by atoms with E-state index < -0.39 is 15.9 Å². The van der Waals surface area contributed by atoms with E-state index in [0.717, 1.165) is 9.87 Å². The van der Waals surface area contributed by atoms with Crippen molar-refractivity contribution in [3.05, 3.63) is 53.1 Å². The Balaban J connectivity index is 2.17. The van der Waals surface area contributed by atoms with Crippen molar-refractivity contribution >= 4 is 21.6 Å². The molecule has 0 saturated carbocycles. The number of aryl methyl sites for hydroxylation is 3. The predicted molar refractivity (Wildman–Crippen MR) is 102 cm³/mol. The summed E-state index contributed by atoms with van der Waals surface area (Å²) in [5.74, 6) is 0.182. The lowest BCUT2D eigenvalue weighted by atomic mass is 10.1. The van der Waals surface area contributed by atoms with Gasteiger partial charge in [-0.3, -0.25) is 4.79 Å². The van der Waals surface area contributed by atoms with Crippen LogP contribution in [0.2, 0.25) is 0 Å². The number of anilines is 1. The van der Waals surface area contributed by atoms with Crippen LogP contribution in [0.5, 0.6) is 5.75 Å². The van der Waals surface area contributed by atoms with Crippen LogP contribution in [-0.4, -0.2) is 39.3 Å². The molecule has 2 rings (SSSR count). The standard InChI is InChI=1S/C19H24N2O4S/c1-13-9-14(2)19(15(3)10-13)26(23,24)21(4)12-18(22)20-16-7-6-8-17(11-16)25-5/h6-11H,12H2,1-5H3,(H,20,22). The molecule has 2 aromatic carbocycles. The average molecular weight is 376 g/mol. The highest BCUT2D eigenvalue weighted by molar-refractivity contribution is 7.89. The van der Waals surface area contributed by atoms with E-state index in [2.05, 4.69) is 5.32 Å². The summed E-state index contributed by atoms with van der Waals surface area (Å²) in [5, 5.41) is 2.68. The van der Waals surface area contributed by atoms with Gasteiger partial charge < -0.3 is 10.1 Å². The summed E-state index contributed by atoms with van der Waals surface area (Å²) in [6, 6.07) is 10.5. The number of carbonyl (C=O) groups excluding carboxylic acids is 1. The highest BCUT2D eigenvalue weighted by Crippen LogP contribution is 2.24. The van der Waals surface area contributed by atoms with Crippen LogP contribution in [-0.2, 0) is 14.8 Å². The summed E-state index contributed by atoms with van der Waals surface area (Å²) in [6.45, 7) is 5.15. The van der Waals surface area contributed by atoms with E-state index in [-0.39, 0.29) is 11.4 Å². The quantitative estimate of drug-likeness (QED) is 0.841. The number of sulfonamides is 1. The molecule has 1 amide bonds. The highest BCUT2D eigenvalue weighted by Gasteiger charge is 2.26. The van der Waals surface area contributed by atoms with Crippen LogP contribution in [0.1, 0.15) is 16.7 Å². The van der Waals surface area contributed by atoms with Crippen molar-refractivity contribution in [3.63, 3.8) is 0 Å². The Hall–Kier alpha value is -2.38. The molecule has 0 aliphatic carbocycles. The number of methoxy groups -OCH3 is 1. The molecule has 0 unspecified atom stereocenters. The van der Waals surface area contributed by atoms with Crippen molar-refractivity contribution in [1.82, 2.24) is 4.31 Å². The Bertz CT molecular complexity index is 900. The van der Waals surface area contributed by atoms with Gasteiger partial charge in [0.25, 0.3) is 0 Å². The van der Waals surface area contributed by atoms with Gasteiger partial charge >= 0.3 is 0 Å². The molecule has 140 valence electrons. The van der Waals surface area contributed by atoms with Crippen molar-refractivity contribution in [3.8, 4) is 5.75 Å². The summed E-state index contributed by atoms with van der Waals surface area (Å²) in [7, 11) is -0.832. The molecular formula is C19H24N2O4S. The first kappa shape index (κ1) is 19.9. The smallest absolute Gasteiger partial charge is 0.243 e. The molecule has 2 aromatic rings. The van der Waals surface area contributed by atoms with Gasteiger partial charge in [-0.25, -0.2) is 8.42 Å². The van der Waals surface area contributed by atoms with Crippen molar-refractivity contribution in [2.75, 3.05) is 26.0 Å². The van der Waals surface area contributed by atoms with Gasteiger partial charge in [0.2, 0.25) is 15.9 Å². The summed E-state index contributed by atoms with van der Waals surface area (Å²) in [6.07, 6.45) is 0. The first-order valence-corrected chi connectivity index (χ1v) is 9.57. The second kappa shape index (κ2) is 7.88. The van der Waals surface area contributed by atoms with Crippen LogP contribution in [0.15, 0.2) is 41.3 Å². The number of ether oxygens (including phenoxy) is 1. The molecule has 1 N–H and O–H groups in total. The Kier molecular flexibility index (Phi) is 6.05. The van der Waals surface area contributed by atoms with Gasteiger partial charge in [0, 0.05) is 18.8 Å². The minimum atomic E-state index is -3.77. The lowest BCUT2D eigenvalue weighted by Gasteiger charge is -2.20. The van der Waals surface area contributed by atoms with Gasteiger partial charge in [-0.1, -0.05) is 23.8 Å². The van der Waals surface area contributed by atoms with Gasteiger partial charge in [0.1, 0.15) is 5.75 Å².